The van der Waals surface area contributed by atoms with Crippen LogP contribution in [0.25, 0.3) is 10.6 Å². The number of hydrogen-bond donors (Lipinski definition) is 1. The molecule has 22 heavy (non-hydrogen) atoms. The number of rotatable bonds is 3. The summed E-state index contributed by atoms with van der Waals surface area (Å²) in [6.45, 7) is 1.48. The SMILES string of the molecule is NC1CCCN(C(=O)Cc2csc(-c3cccc(Br)c3)n2)C1. The fraction of sp³-hybridized carbons (Fsp3) is 0.375. The van der Waals surface area contributed by atoms with E-state index in [2.05, 4.69) is 20.9 Å². The van der Waals surface area contributed by atoms with E-state index in [1.807, 2.05) is 34.5 Å². The highest BCUT2D eigenvalue weighted by molar-refractivity contribution is 9.10. The van der Waals surface area contributed by atoms with E-state index in [0.29, 0.717) is 13.0 Å². The molecule has 1 fully saturated rings. The van der Waals surface area contributed by atoms with Crippen molar-refractivity contribution in [3.05, 3.63) is 39.8 Å². The van der Waals surface area contributed by atoms with Gasteiger partial charge in [-0.15, -0.1) is 11.3 Å². The van der Waals surface area contributed by atoms with Crippen LogP contribution in [0, 0.1) is 0 Å². The van der Waals surface area contributed by atoms with Gasteiger partial charge in [0.05, 0.1) is 12.1 Å². The molecule has 4 nitrogen and oxygen atoms in total. The number of carbonyl (C=O) groups is 1. The third-order valence-electron chi connectivity index (χ3n) is 3.77. The first-order valence-corrected chi connectivity index (χ1v) is 9.03. The van der Waals surface area contributed by atoms with E-state index >= 15 is 0 Å². The van der Waals surface area contributed by atoms with Gasteiger partial charge < -0.3 is 10.6 Å². The van der Waals surface area contributed by atoms with Gasteiger partial charge in [0, 0.05) is 34.5 Å². The molecule has 0 radical (unpaired) electrons. The molecular formula is C16H18BrN3OS. The molecular weight excluding hydrogens is 362 g/mol. The molecule has 116 valence electrons. The number of thiazole rings is 1. The average Bonchev–Trinajstić information content (AvgIpc) is 2.96. The van der Waals surface area contributed by atoms with Gasteiger partial charge in [-0.2, -0.15) is 0 Å². The molecule has 1 saturated heterocycles. The summed E-state index contributed by atoms with van der Waals surface area (Å²) in [7, 11) is 0. The Bertz CT molecular complexity index is 673. The number of halogens is 1. The molecule has 1 aromatic heterocycles. The average molecular weight is 380 g/mol. The molecule has 2 N–H and O–H groups in total. The highest BCUT2D eigenvalue weighted by Gasteiger charge is 2.22. The summed E-state index contributed by atoms with van der Waals surface area (Å²) in [4.78, 5) is 18.8. The summed E-state index contributed by atoms with van der Waals surface area (Å²) in [6.07, 6.45) is 2.36. The number of carbonyl (C=O) groups excluding carboxylic acids is 1. The number of amides is 1. The van der Waals surface area contributed by atoms with Crippen molar-refractivity contribution in [1.29, 1.82) is 0 Å². The molecule has 1 aliphatic heterocycles. The topological polar surface area (TPSA) is 59.2 Å². The summed E-state index contributed by atoms with van der Waals surface area (Å²) in [5.74, 6) is 0.126. The number of likely N-dealkylation sites (tertiary alicyclic amines) is 1. The van der Waals surface area contributed by atoms with E-state index in [0.717, 1.165) is 40.1 Å². The lowest BCUT2D eigenvalue weighted by Crippen LogP contribution is -2.46. The summed E-state index contributed by atoms with van der Waals surface area (Å²) < 4.78 is 1.03. The Hall–Kier alpha value is -1.24. The summed E-state index contributed by atoms with van der Waals surface area (Å²) >= 11 is 5.04. The minimum absolute atomic E-state index is 0.116. The van der Waals surface area contributed by atoms with Crippen molar-refractivity contribution in [2.75, 3.05) is 13.1 Å². The second-order valence-electron chi connectivity index (χ2n) is 5.57. The van der Waals surface area contributed by atoms with Crippen LogP contribution in [0.15, 0.2) is 34.1 Å². The van der Waals surface area contributed by atoms with Crippen LogP contribution in [0.4, 0.5) is 0 Å². The number of nitrogens with zero attached hydrogens (tertiary/aromatic N) is 2. The normalized spacial score (nSPS) is 18.5. The maximum absolute atomic E-state index is 12.3. The maximum Gasteiger partial charge on any atom is 0.228 e. The molecule has 1 amide bonds. The Morgan fingerprint density at radius 3 is 3.14 bits per heavy atom. The van der Waals surface area contributed by atoms with Crippen molar-refractivity contribution in [2.24, 2.45) is 5.73 Å². The van der Waals surface area contributed by atoms with Crippen molar-refractivity contribution < 1.29 is 4.79 Å². The van der Waals surface area contributed by atoms with Gasteiger partial charge in [-0.1, -0.05) is 28.1 Å². The molecule has 0 aliphatic carbocycles. The van der Waals surface area contributed by atoms with Crippen LogP contribution >= 0.6 is 27.3 Å². The number of nitrogens with two attached hydrogens (primary N) is 1. The molecule has 1 atom stereocenters. The van der Waals surface area contributed by atoms with Crippen LogP contribution in [0.2, 0.25) is 0 Å². The van der Waals surface area contributed by atoms with Gasteiger partial charge in [-0.25, -0.2) is 4.98 Å². The van der Waals surface area contributed by atoms with E-state index in [1.54, 1.807) is 11.3 Å². The van der Waals surface area contributed by atoms with Gasteiger partial charge in [0.1, 0.15) is 5.01 Å². The lowest BCUT2D eigenvalue weighted by Gasteiger charge is -2.30. The van der Waals surface area contributed by atoms with Gasteiger partial charge in [0.2, 0.25) is 5.91 Å². The van der Waals surface area contributed by atoms with Gasteiger partial charge in [-0.3, -0.25) is 4.79 Å². The second-order valence-corrected chi connectivity index (χ2v) is 7.35. The summed E-state index contributed by atoms with van der Waals surface area (Å²) in [6, 6.07) is 8.15. The largest absolute Gasteiger partial charge is 0.341 e. The maximum atomic E-state index is 12.3. The quantitative estimate of drug-likeness (QED) is 0.891. The predicted octanol–water partition coefficient (Wildman–Crippen LogP) is 3.06. The molecule has 3 rings (SSSR count). The molecule has 1 unspecified atom stereocenters. The van der Waals surface area contributed by atoms with Crippen molar-refractivity contribution in [1.82, 2.24) is 9.88 Å². The van der Waals surface area contributed by atoms with Crippen LogP contribution in [0.5, 0.6) is 0 Å². The lowest BCUT2D eigenvalue weighted by molar-refractivity contribution is -0.131. The molecule has 1 aromatic carbocycles. The molecule has 2 heterocycles. The molecule has 1 aliphatic rings. The third kappa shape index (κ3) is 3.74. The fourth-order valence-corrected chi connectivity index (χ4v) is 3.86. The number of benzene rings is 1. The van der Waals surface area contributed by atoms with Crippen LogP contribution in [0.3, 0.4) is 0 Å². The Morgan fingerprint density at radius 1 is 1.50 bits per heavy atom. The van der Waals surface area contributed by atoms with Gasteiger partial charge >= 0.3 is 0 Å². The Balaban J connectivity index is 1.68. The Labute approximate surface area is 142 Å². The predicted molar refractivity (Wildman–Crippen MR) is 92.7 cm³/mol. The molecule has 0 bridgehead atoms. The van der Waals surface area contributed by atoms with Crippen molar-refractivity contribution in [3.63, 3.8) is 0 Å². The molecule has 0 spiro atoms. The van der Waals surface area contributed by atoms with E-state index in [1.165, 1.54) is 0 Å². The van der Waals surface area contributed by atoms with Crippen molar-refractivity contribution >= 4 is 33.2 Å². The number of hydrogen-bond acceptors (Lipinski definition) is 4. The van der Waals surface area contributed by atoms with Gasteiger partial charge in [0.25, 0.3) is 0 Å². The van der Waals surface area contributed by atoms with Crippen LogP contribution in [-0.4, -0.2) is 34.9 Å². The zero-order valence-electron chi connectivity index (χ0n) is 12.2. The van der Waals surface area contributed by atoms with E-state index < -0.39 is 0 Å². The number of piperidine rings is 1. The van der Waals surface area contributed by atoms with Crippen molar-refractivity contribution in [2.45, 2.75) is 25.3 Å². The van der Waals surface area contributed by atoms with E-state index in [-0.39, 0.29) is 11.9 Å². The standard InChI is InChI=1S/C16H18BrN3OS/c17-12-4-1-3-11(7-12)16-19-14(10-22-16)8-15(21)20-6-2-5-13(18)9-20/h1,3-4,7,10,13H,2,5-6,8-9,18H2. The summed E-state index contributed by atoms with van der Waals surface area (Å²) in [5.41, 5.74) is 7.84. The molecule has 6 heteroatoms. The van der Waals surface area contributed by atoms with Gasteiger partial charge in [0.15, 0.2) is 0 Å². The van der Waals surface area contributed by atoms with Crippen LogP contribution in [-0.2, 0) is 11.2 Å². The first kappa shape index (κ1) is 15.6. The van der Waals surface area contributed by atoms with E-state index in [9.17, 15) is 4.79 Å². The Morgan fingerprint density at radius 2 is 2.36 bits per heavy atom. The highest BCUT2D eigenvalue weighted by Crippen LogP contribution is 2.26. The first-order chi connectivity index (χ1) is 10.6. The smallest absolute Gasteiger partial charge is 0.228 e. The minimum Gasteiger partial charge on any atom is -0.341 e. The summed E-state index contributed by atoms with van der Waals surface area (Å²) in [5, 5.41) is 2.91. The zero-order valence-corrected chi connectivity index (χ0v) is 14.6. The second kappa shape index (κ2) is 6.89. The van der Waals surface area contributed by atoms with Crippen molar-refractivity contribution in [3.8, 4) is 10.6 Å². The highest BCUT2D eigenvalue weighted by atomic mass is 79.9. The lowest BCUT2D eigenvalue weighted by atomic mass is 10.1. The zero-order chi connectivity index (χ0) is 15.5. The molecule has 2 aromatic rings. The Kier molecular flexibility index (Phi) is 4.90. The molecule has 0 saturated carbocycles. The first-order valence-electron chi connectivity index (χ1n) is 7.35. The monoisotopic (exact) mass is 379 g/mol. The van der Waals surface area contributed by atoms with Crippen LogP contribution in [0.1, 0.15) is 18.5 Å². The third-order valence-corrected chi connectivity index (χ3v) is 5.20. The van der Waals surface area contributed by atoms with Gasteiger partial charge in [-0.05, 0) is 25.0 Å². The van der Waals surface area contributed by atoms with E-state index in [4.69, 9.17) is 5.73 Å². The minimum atomic E-state index is 0.116. The fourth-order valence-electron chi connectivity index (χ4n) is 2.65. The van der Waals surface area contributed by atoms with Crippen LogP contribution < -0.4 is 5.73 Å². The number of aromatic nitrogens is 1.